The monoisotopic (exact) mass is 605 g/mol. The van der Waals surface area contributed by atoms with Crippen molar-refractivity contribution in [3.05, 3.63) is 138 Å². The molecule has 0 aliphatic heterocycles. The van der Waals surface area contributed by atoms with E-state index in [1.165, 1.54) is 33.3 Å². The number of hydrogen-bond donors (Lipinski definition) is 0. The first-order chi connectivity index (χ1) is 21.8. The number of aromatic nitrogens is 3. The molecule has 8 aromatic rings. The van der Waals surface area contributed by atoms with Crippen molar-refractivity contribution in [2.24, 2.45) is 0 Å². The number of halogens is 2. The molecule has 4 heterocycles. The van der Waals surface area contributed by atoms with E-state index in [9.17, 15) is 8.78 Å². The number of imidazole rings is 1. The van der Waals surface area contributed by atoms with Crippen LogP contribution in [0.15, 0.2) is 115 Å². The second-order valence-corrected chi connectivity index (χ2v) is 13.2. The van der Waals surface area contributed by atoms with Gasteiger partial charge in [-0.05, 0) is 98.6 Å². The number of pyridine rings is 2. The summed E-state index contributed by atoms with van der Waals surface area (Å²) in [6.07, 6.45) is 2.19. The van der Waals surface area contributed by atoms with E-state index in [0.29, 0.717) is 11.1 Å². The molecule has 0 fully saturated rings. The molecular formula is C39H25F2N3S. The van der Waals surface area contributed by atoms with E-state index in [1.807, 2.05) is 18.2 Å². The summed E-state index contributed by atoms with van der Waals surface area (Å²) in [4.78, 5) is 9.48. The van der Waals surface area contributed by atoms with Crippen LogP contribution in [0.1, 0.15) is 25.0 Å². The van der Waals surface area contributed by atoms with Crippen molar-refractivity contribution in [2.45, 2.75) is 19.3 Å². The van der Waals surface area contributed by atoms with Crippen molar-refractivity contribution in [3.63, 3.8) is 0 Å². The fourth-order valence-electron chi connectivity index (χ4n) is 6.91. The van der Waals surface area contributed by atoms with Gasteiger partial charge in [-0.1, -0.05) is 74.5 Å². The highest BCUT2D eigenvalue weighted by Gasteiger charge is 2.36. The molecule has 0 atom stereocenters. The first-order valence-electron chi connectivity index (χ1n) is 14.9. The molecule has 4 aromatic carbocycles. The highest BCUT2D eigenvalue weighted by atomic mass is 32.1. The molecule has 0 bridgehead atoms. The Morgan fingerprint density at radius 2 is 1.29 bits per heavy atom. The average Bonchev–Trinajstić information content (AvgIpc) is 3.67. The van der Waals surface area contributed by atoms with Crippen LogP contribution in [0.3, 0.4) is 0 Å². The van der Waals surface area contributed by atoms with Gasteiger partial charge in [0.05, 0.1) is 0 Å². The van der Waals surface area contributed by atoms with Gasteiger partial charge in [-0.3, -0.25) is 4.40 Å². The lowest BCUT2D eigenvalue weighted by Crippen LogP contribution is -2.15. The molecule has 1 aliphatic carbocycles. The Bertz CT molecular complexity index is 2510. The summed E-state index contributed by atoms with van der Waals surface area (Å²) in [6.45, 7) is 4.41. The molecule has 0 amide bonds. The largest absolute Gasteiger partial charge is 0.290 e. The maximum absolute atomic E-state index is 14.6. The molecule has 0 N–H and O–H groups in total. The summed E-state index contributed by atoms with van der Waals surface area (Å²) in [5, 5.41) is 1.20. The van der Waals surface area contributed by atoms with Crippen LogP contribution in [0.2, 0.25) is 0 Å². The van der Waals surface area contributed by atoms with Crippen LogP contribution in [0.4, 0.5) is 8.78 Å². The maximum Gasteiger partial charge on any atom is 0.223 e. The lowest BCUT2D eigenvalue weighted by molar-refractivity contribution is 0.515. The first kappa shape index (κ1) is 26.2. The van der Waals surface area contributed by atoms with Gasteiger partial charge in [-0.2, -0.15) is 13.8 Å². The van der Waals surface area contributed by atoms with E-state index in [-0.39, 0.29) is 5.41 Å². The summed E-state index contributed by atoms with van der Waals surface area (Å²) in [5.41, 5.74) is 11.9. The van der Waals surface area contributed by atoms with Crippen LogP contribution in [0, 0.1) is 11.9 Å². The normalized spacial score (nSPS) is 13.5. The molecule has 216 valence electrons. The third-order valence-corrected chi connectivity index (χ3v) is 10.4. The van der Waals surface area contributed by atoms with Gasteiger partial charge in [-0.25, -0.2) is 4.98 Å². The minimum Gasteiger partial charge on any atom is -0.290 e. The molecule has 1 aliphatic rings. The van der Waals surface area contributed by atoms with Gasteiger partial charge in [-0.15, -0.1) is 11.3 Å². The van der Waals surface area contributed by atoms with Gasteiger partial charge < -0.3 is 0 Å². The number of fused-ring (bicyclic) bond motifs is 8. The maximum atomic E-state index is 14.6. The number of thiophene rings is 1. The van der Waals surface area contributed by atoms with E-state index < -0.39 is 11.9 Å². The summed E-state index contributed by atoms with van der Waals surface area (Å²) in [7, 11) is 0. The number of nitrogens with zero attached hydrogens (tertiary/aromatic N) is 3. The fraction of sp³-hybridized carbons (Fsp3) is 0.0769. The zero-order chi connectivity index (χ0) is 30.4. The topological polar surface area (TPSA) is 30.2 Å². The van der Waals surface area contributed by atoms with Crippen molar-refractivity contribution in [1.29, 1.82) is 0 Å². The van der Waals surface area contributed by atoms with E-state index in [4.69, 9.17) is 4.98 Å². The zero-order valence-corrected chi connectivity index (χ0v) is 25.3. The Kier molecular flexibility index (Phi) is 5.48. The number of rotatable bonds is 3. The summed E-state index contributed by atoms with van der Waals surface area (Å²) in [5.74, 6) is -1.62. The molecule has 0 saturated heterocycles. The van der Waals surface area contributed by atoms with E-state index in [0.717, 1.165) is 49.4 Å². The van der Waals surface area contributed by atoms with Crippen molar-refractivity contribution in [1.82, 2.24) is 14.4 Å². The molecule has 6 heteroatoms. The molecular weight excluding hydrogens is 581 g/mol. The minimum absolute atomic E-state index is 0.297. The Morgan fingerprint density at radius 3 is 2.09 bits per heavy atom. The summed E-state index contributed by atoms with van der Waals surface area (Å²) >= 11 is 1.77. The SMILES string of the molecule is CC1(C)c2cc(-c3cccc(-c4ccc5nc6c7ccccc7sc6n5c4)c3)ccc2-c2ccc(-c3ccc(F)nc3F)cc21. The predicted octanol–water partition coefficient (Wildman–Crippen LogP) is 10.7. The van der Waals surface area contributed by atoms with Crippen molar-refractivity contribution < 1.29 is 8.78 Å². The van der Waals surface area contributed by atoms with Gasteiger partial charge in [0.2, 0.25) is 11.9 Å². The molecule has 4 aromatic heterocycles. The second-order valence-electron chi connectivity index (χ2n) is 12.2. The summed E-state index contributed by atoms with van der Waals surface area (Å²) < 4.78 is 31.5. The Labute approximate surface area is 262 Å². The van der Waals surface area contributed by atoms with Crippen LogP contribution in [0.25, 0.3) is 70.6 Å². The Hall–Kier alpha value is -5.20. The Morgan fingerprint density at radius 1 is 0.622 bits per heavy atom. The lowest BCUT2D eigenvalue weighted by Gasteiger charge is -2.22. The number of hydrogen-bond acceptors (Lipinski definition) is 3. The first-order valence-corrected chi connectivity index (χ1v) is 15.7. The van der Waals surface area contributed by atoms with Gasteiger partial charge in [0.15, 0.2) is 0 Å². The number of benzene rings is 4. The van der Waals surface area contributed by atoms with E-state index in [2.05, 4.69) is 108 Å². The molecule has 45 heavy (non-hydrogen) atoms. The molecule has 0 unspecified atom stereocenters. The second kappa shape index (κ2) is 9.40. The van der Waals surface area contributed by atoms with Crippen LogP contribution < -0.4 is 0 Å². The fourth-order valence-corrected chi connectivity index (χ4v) is 8.04. The predicted molar refractivity (Wildman–Crippen MR) is 180 cm³/mol. The van der Waals surface area contributed by atoms with Crippen LogP contribution >= 0.6 is 11.3 Å². The molecule has 0 radical (unpaired) electrons. The highest BCUT2D eigenvalue weighted by molar-refractivity contribution is 7.25. The van der Waals surface area contributed by atoms with Crippen LogP contribution in [0.5, 0.6) is 0 Å². The van der Waals surface area contributed by atoms with Gasteiger partial charge >= 0.3 is 0 Å². The third-order valence-electron chi connectivity index (χ3n) is 9.25. The van der Waals surface area contributed by atoms with Crippen molar-refractivity contribution in [2.75, 3.05) is 0 Å². The average molecular weight is 606 g/mol. The van der Waals surface area contributed by atoms with Crippen LogP contribution in [-0.2, 0) is 5.41 Å². The quantitative estimate of drug-likeness (QED) is 0.188. The Balaban J connectivity index is 1.10. The standard InChI is InChI=1S/C39H25F2N3S/c1-39(2)31-19-24(10-13-28(31)29-14-11-25(20-32(29)39)27-15-16-34(40)42-37(27)41)22-6-5-7-23(18-22)26-12-17-35-43-36-30-8-3-4-9-33(30)45-38(36)44(35)21-26/h3-21H,1-2H3. The smallest absolute Gasteiger partial charge is 0.223 e. The van der Waals surface area contributed by atoms with Gasteiger partial charge in [0.25, 0.3) is 0 Å². The van der Waals surface area contributed by atoms with E-state index in [1.54, 1.807) is 11.3 Å². The molecule has 3 nitrogen and oxygen atoms in total. The summed E-state index contributed by atoms with van der Waals surface area (Å²) in [6, 6.07) is 36.6. The zero-order valence-electron chi connectivity index (χ0n) is 24.5. The van der Waals surface area contributed by atoms with Crippen LogP contribution in [-0.4, -0.2) is 14.4 Å². The van der Waals surface area contributed by atoms with Crippen molar-refractivity contribution >= 4 is 37.4 Å². The third kappa shape index (κ3) is 3.92. The molecule has 0 saturated carbocycles. The van der Waals surface area contributed by atoms with Gasteiger partial charge in [0, 0.05) is 27.3 Å². The van der Waals surface area contributed by atoms with E-state index >= 15 is 0 Å². The van der Waals surface area contributed by atoms with Crippen molar-refractivity contribution in [3.8, 4) is 44.5 Å². The highest BCUT2D eigenvalue weighted by Crippen LogP contribution is 2.50. The lowest BCUT2D eigenvalue weighted by atomic mass is 9.81. The van der Waals surface area contributed by atoms with Gasteiger partial charge in [0.1, 0.15) is 16.0 Å². The minimum atomic E-state index is -0.822. The molecule has 9 rings (SSSR count). The molecule has 0 spiro atoms.